The van der Waals surface area contributed by atoms with Gasteiger partial charge in [-0.25, -0.2) is 9.18 Å². The highest BCUT2D eigenvalue weighted by atomic mass is 19.1. The van der Waals surface area contributed by atoms with Crippen LogP contribution in [0.15, 0.2) is 12.1 Å². The van der Waals surface area contributed by atoms with E-state index in [-0.39, 0.29) is 60.1 Å². The lowest BCUT2D eigenvalue weighted by molar-refractivity contribution is -0.155. The standard InChI is InChI=1S/C38H57FN4O7/c1-36(2,3)49-31(44)12-11-30(33(40)45)43-21-28-26(34(43)46)9-10-27(32(28)39)29-15-18-42(22-38(29,7)8)23-19-25(20-23)48-24-13-16-41(17-14-24)35(47)50-37(4,5)6/h9-10,23-25,29-30H,11-22H2,1-8H3,(H2,40,45)/t23?,25?,29?,30-/m0/s1. The third-order valence-electron chi connectivity index (χ3n) is 10.5. The molecule has 0 aromatic heterocycles. The van der Waals surface area contributed by atoms with Crippen molar-refractivity contribution in [2.24, 2.45) is 11.1 Å². The van der Waals surface area contributed by atoms with Crippen LogP contribution in [0.3, 0.4) is 0 Å². The zero-order valence-electron chi connectivity index (χ0n) is 31.2. The van der Waals surface area contributed by atoms with Crippen LogP contribution < -0.4 is 5.73 Å². The van der Waals surface area contributed by atoms with E-state index in [1.54, 1.807) is 37.8 Å². The molecule has 3 heterocycles. The number of esters is 1. The van der Waals surface area contributed by atoms with E-state index >= 15 is 4.39 Å². The fourth-order valence-corrected chi connectivity index (χ4v) is 8.02. The number of hydrogen-bond acceptors (Lipinski definition) is 8. The van der Waals surface area contributed by atoms with Crippen molar-refractivity contribution in [3.63, 3.8) is 0 Å². The lowest BCUT2D eigenvalue weighted by Gasteiger charge is -2.51. The Hall–Kier alpha value is -3.25. The molecular weight excluding hydrogens is 643 g/mol. The molecule has 12 heteroatoms. The maximum atomic E-state index is 16.3. The highest BCUT2D eigenvalue weighted by Gasteiger charge is 2.45. The van der Waals surface area contributed by atoms with Crippen molar-refractivity contribution in [1.82, 2.24) is 14.7 Å². The van der Waals surface area contributed by atoms with E-state index in [4.69, 9.17) is 19.9 Å². The molecule has 5 rings (SSSR count). The first kappa shape index (κ1) is 38.0. The van der Waals surface area contributed by atoms with Crippen LogP contribution in [0.1, 0.15) is 128 Å². The SMILES string of the molecule is CC(C)(C)OC(=O)CC[C@@H](C(N)=O)N1Cc2c(ccc(C3CCN(C4CC(OC5CCN(C(=O)OC(C)(C)C)CC5)C4)CC3(C)C)c2F)C1=O. The quantitative estimate of drug-likeness (QED) is 0.334. The van der Waals surface area contributed by atoms with Crippen molar-refractivity contribution < 1.29 is 37.8 Å². The number of benzene rings is 1. The molecule has 3 aliphatic heterocycles. The number of hydrogen-bond donors (Lipinski definition) is 1. The average molecular weight is 701 g/mol. The molecule has 2 atom stereocenters. The first-order valence-corrected chi connectivity index (χ1v) is 18.2. The fraction of sp³-hybridized carbons (Fsp3) is 0.737. The predicted octanol–water partition coefficient (Wildman–Crippen LogP) is 5.52. The predicted molar refractivity (Wildman–Crippen MR) is 186 cm³/mol. The van der Waals surface area contributed by atoms with Crippen LogP contribution in [0.25, 0.3) is 0 Å². The van der Waals surface area contributed by atoms with E-state index < -0.39 is 40.8 Å². The molecule has 1 unspecified atom stereocenters. The Morgan fingerprint density at radius 1 is 0.960 bits per heavy atom. The summed E-state index contributed by atoms with van der Waals surface area (Å²) in [6, 6.07) is 2.78. The summed E-state index contributed by atoms with van der Waals surface area (Å²) < 4.78 is 33.6. The van der Waals surface area contributed by atoms with Gasteiger partial charge < -0.3 is 29.7 Å². The van der Waals surface area contributed by atoms with Gasteiger partial charge in [0.05, 0.1) is 18.8 Å². The first-order chi connectivity index (χ1) is 23.2. The summed E-state index contributed by atoms with van der Waals surface area (Å²) in [6.07, 6.45) is 4.35. The maximum absolute atomic E-state index is 16.3. The van der Waals surface area contributed by atoms with Crippen molar-refractivity contribution in [1.29, 1.82) is 0 Å². The summed E-state index contributed by atoms with van der Waals surface area (Å²) in [5.41, 5.74) is 5.39. The van der Waals surface area contributed by atoms with E-state index in [1.165, 1.54) is 4.90 Å². The van der Waals surface area contributed by atoms with E-state index in [1.807, 2.05) is 20.8 Å². The molecule has 1 aromatic carbocycles. The number of halogens is 1. The zero-order valence-corrected chi connectivity index (χ0v) is 31.2. The normalized spacial score (nSPS) is 25.1. The van der Waals surface area contributed by atoms with Crippen LogP contribution in [-0.4, -0.2) is 100 Å². The minimum atomic E-state index is -1.05. The Kier molecular flexibility index (Phi) is 10.9. The minimum Gasteiger partial charge on any atom is -0.460 e. The number of carbonyl (C=O) groups excluding carboxylic acids is 4. The Labute approximate surface area is 296 Å². The second kappa shape index (κ2) is 14.4. The van der Waals surface area contributed by atoms with Gasteiger partial charge in [0, 0.05) is 43.2 Å². The van der Waals surface area contributed by atoms with Gasteiger partial charge in [0.2, 0.25) is 5.91 Å². The van der Waals surface area contributed by atoms with Gasteiger partial charge in [-0.2, -0.15) is 0 Å². The van der Waals surface area contributed by atoms with Crippen molar-refractivity contribution in [3.8, 4) is 0 Å². The van der Waals surface area contributed by atoms with Crippen molar-refractivity contribution in [2.45, 2.75) is 148 Å². The van der Waals surface area contributed by atoms with Crippen LogP contribution in [0.2, 0.25) is 0 Å². The molecular formula is C38H57FN4O7. The number of primary amides is 1. The molecule has 11 nitrogen and oxygen atoms in total. The highest BCUT2D eigenvalue weighted by Crippen LogP contribution is 2.47. The molecule has 3 fully saturated rings. The van der Waals surface area contributed by atoms with Gasteiger partial charge in [0.25, 0.3) is 5.91 Å². The number of ether oxygens (including phenoxy) is 3. The summed E-state index contributed by atoms with van der Waals surface area (Å²) in [4.78, 5) is 56.1. The van der Waals surface area contributed by atoms with Crippen LogP contribution in [0.5, 0.6) is 0 Å². The third kappa shape index (κ3) is 8.78. The summed E-state index contributed by atoms with van der Waals surface area (Å²) in [7, 11) is 0. The smallest absolute Gasteiger partial charge is 0.410 e. The molecule has 0 bridgehead atoms. The number of carbonyl (C=O) groups is 4. The largest absolute Gasteiger partial charge is 0.460 e. The van der Waals surface area contributed by atoms with E-state index in [2.05, 4.69) is 18.7 Å². The molecule has 1 saturated carbocycles. The monoisotopic (exact) mass is 700 g/mol. The average Bonchev–Trinajstić information content (AvgIpc) is 3.30. The minimum absolute atomic E-state index is 0.00433. The van der Waals surface area contributed by atoms with Crippen molar-refractivity contribution in [3.05, 3.63) is 34.6 Å². The second-order valence-corrected chi connectivity index (χ2v) is 17.3. The highest BCUT2D eigenvalue weighted by molar-refractivity contribution is 6.01. The lowest BCUT2D eigenvalue weighted by Crippen LogP contribution is -2.55. The van der Waals surface area contributed by atoms with Gasteiger partial charge in [-0.3, -0.25) is 19.3 Å². The number of nitrogens with zero attached hydrogens (tertiary/aromatic N) is 3. The Morgan fingerprint density at radius 2 is 1.60 bits per heavy atom. The Bertz CT molecular complexity index is 1450. The van der Waals surface area contributed by atoms with Gasteiger partial charge in [-0.15, -0.1) is 0 Å². The molecule has 0 spiro atoms. The third-order valence-corrected chi connectivity index (χ3v) is 10.5. The molecule has 3 amide bonds. The molecule has 0 radical (unpaired) electrons. The molecule has 2 saturated heterocycles. The van der Waals surface area contributed by atoms with Gasteiger partial charge in [0.15, 0.2) is 0 Å². The summed E-state index contributed by atoms with van der Waals surface area (Å²) in [6.45, 7) is 18.1. The Balaban J connectivity index is 1.14. The topological polar surface area (TPSA) is 132 Å². The Morgan fingerprint density at radius 3 is 2.18 bits per heavy atom. The summed E-state index contributed by atoms with van der Waals surface area (Å²) in [5, 5.41) is 0. The molecule has 50 heavy (non-hydrogen) atoms. The zero-order chi connectivity index (χ0) is 36.8. The number of piperidine rings is 2. The molecule has 2 N–H and O–H groups in total. The lowest BCUT2D eigenvalue weighted by atomic mass is 9.69. The van der Waals surface area contributed by atoms with Crippen LogP contribution in [0.4, 0.5) is 9.18 Å². The van der Waals surface area contributed by atoms with Crippen LogP contribution >= 0.6 is 0 Å². The van der Waals surface area contributed by atoms with E-state index in [0.717, 1.165) is 45.2 Å². The number of nitrogens with two attached hydrogens (primary N) is 1. The van der Waals surface area contributed by atoms with E-state index in [9.17, 15) is 19.2 Å². The second-order valence-electron chi connectivity index (χ2n) is 17.3. The van der Waals surface area contributed by atoms with Gasteiger partial charge in [-0.05, 0) is 110 Å². The van der Waals surface area contributed by atoms with Gasteiger partial charge in [0.1, 0.15) is 23.1 Å². The van der Waals surface area contributed by atoms with Gasteiger partial charge in [-0.1, -0.05) is 19.9 Å². The van der Waals surface area contributed by atoms with Crippen molar-refractivity contribution in [2.75, 3.05) is 26.2 Å². The number of fused-ring (bicyclic) bond motifs is 1. The molecule has 278 valence electrons. The summed E-state index contributed by atoms with van der Waals surface area (Å²) >= 11 is 0. The molecule has 1 aliphatic carbocycles. The fourth-order valence-electron chi connectivity index (χ4n) is 8.02. The maximum Gasteiger partial charge on any atom is 0.410 e. The molecule has 1 aromatic rings. The van der Waals surface area contributed by atoms with Gasteiger partial charge >= 0.3 is 12.1 Å². The van der Waals surface area contributed by atoms with E-state index in [0.29, 0.717) is 24.7 Å². The number of rotatable bonds is 9. The molecule has 4 aliphatic rings. The summed E-state index contributed by atoms with van der Waals surface area (Å²) in [5.74, 6) is -2.12. The van der Waals surface area contributed by atoms with Crippen LogP contribution in [-0.2, 0) is 30.3 Å². The van der Waals surface area contributed by atoms with Crippen LogP contribution in [0, 0.1) is 11.2 Å². The number of amides is 3. The van der Waals surface area contributed by atoms with Crippen molar-refractivity contribution >= 4 is 23.9 Å². The first-order valence-electron chi connectivity index (χ1n) is 18.2. The number of likely N-dealkylation sites (tertiary alicyclic amines) is 2.